The Bertz CT molecular complexity index is 819. The predicted molar refractivity (Wildman–Crippen MR) is 120 cm³/mol. The standard InChI is InChI=1S/C21H25Cl2NO4S/c1-3-27-19-11-15(12-24-18(21(25)26)7-8-29-2)10-17(23)20(19)28-13-14-5-4-6-16(22)9-14/h4-6,9-11,18,24H,3,7-8,12-13H2,1-2H3,(H,25,26). The first kappa shape index (κ1) is 23.7. The third-order valence-electron chi connectivity index (χ3n) is 4.10. The zero-order chi connectivity index (χ0) is 21.2. The van der Waals surface area contributed by atoms with E-state index in [0.29, 0.717) is 47.7 Å². The van der Waals surface area contributed by atoms with Gasteiger partial charge >= 0.3 is 5.97 Å². The molecule has 5 nitrogen and oxygen atoms in total. The Morgan fingerprint density at radius 2 is 2.00 bits per heavy atom. The van der Waals surface area contributed by atoms with Crippen LogP contribution in [-0.4, -0.2) is 35.7 Å². The second-order valence-electron chi connectivity index (χ2n) is 6.31. The number of ether oxygens (including phenoxy) is 2. The Morgan fingerprint density at radius 1 is 1.21 bits per heavy atom. The van der Waals surface area contributed by atoms with E-state index in [0.717, 1.165) is 16.9 Å². The molecule has 0 aliphatic rings. The Balaban J connectivity index is 2.12. The predicted octanol–water partition coefficient (Wildman–Crippen LogP) is 5.27. The molecule has 2 aromatic carbocycles. The number of hydrogen-bond acceptors (Lipinski definition) is 5. The highest BCUT2D eigenvalue weighted by atomic mass is 35.5. The summed E-state index contributed by atoms with van der Waals surface area (Å²) in [5.41, 5.74) is 1.74. The molecule has 0 spiro atoms. The summed E-state index contributed by atoms with van der Waals surface area (Å²) in [6, 6.07) is 10.4. The highest BCUT2D eigenvalue weighted by Gasteiger charge is 2.18. The molecule has 1 unspecified atom stereocenters. The summed E-state index contributed by atoms with van der Waals surface area (Å²) < 4.78 is 11.6. The number of benzene rings is 2. The lowest BCUT2D eigenvalue weighted by Crippen LogP contribution is -2.36. The van der Waals surface area contributed by atoms with Gasteiger partial charge in [-0.25, -0.2) is 0 Å². The first-order valence-electron chi connectivity index (χ1n) is 9.22. The summed E-state index contributed by atoms with van der Waals surface area (Å²) in [4.78, 5) is 11.4. The van der Waals surface area contributed by atoms with Crippen molar-refractivity contribution in [1.29, 1.82) is 0 Å². The maximum Gasteiger partial charge on any atom is 0.320 e. The molecule has 0 fully saturated rings. The van der Waals surface area contributed by atoms with E-state index in [9.17, 15) is 9.90 Å². The van der Waals surface area contributed by atoms with Crippen LogP contribution in [0.5, 0.6) is 11.5 Å². The van der Waals surface area contributed by atoms with Crippen LogP contribution in [0.1, 0.15) is 24.5 Å². The van der Waals surface area contributed by atoms with Crippen LogP contribution < -0.4 is 14.8 Å². The molecular weight excluding hydrogens is 433 g/mol. The zero-order valence-electron chi connectivity index (χ0n) is 16.4. The van der Waals surface area contributed by atoms with Gasteiger partial charge in [0.2, 0.25) is 0 Å². The van der Waals surface area contributed by atoms with Crippen molar-refractivity contribution in [2.45, 2.75) is 32.5 Å². The number of aliphatic carboxylic acids is 1. The fourth-order valence-electron chi connectivity index (χ4n) is 2.70. The first-order valence-corrected chi connectivity index (χ1v) is 11.4. The van der Waals surface area contributed by atoms with Crippen LogP contribution in [0, 0.1) is 0 Å². The maximum atomic E-state index is 11.4. The van der Waals surface area contributed by atoms with Crippen molar-refractivity contribution in [3.05, 3.63) is 57.6 Å². The minimum Gasteiger partial charge on any atom is -0.490 e. The van der Waals surface area contributed by atoms with Crippen molar-refractivity contribution < 1.29 is 19.4 Å². The number of thioether (sulfide) groups is 1. The van der Waals surface area contributed by atoms with Gasteiger partial charge < -0.3 is 19.9 Å². The van der Waals surface area contributed by atoms with E-state index in [-0.39, 0.29) is 0 Å². The SMILES string of the molecule is CCOc1cc(CNC(CCSC)C(=O)O)cc(Cl)c1OCc1cccc(Cl)c1. The molecule has 1 atom stereocenters. The van der Waals surface area contributed by atoms with E-state index < -0.39 is 12.0 Å². The van der Waals surface area contributed by atoms with Crippen LogP contribution in [-0.2, 0) is 17.9 Å². The third kappa shape index (κ3) is 7.63. The largest absolute Gasteiger partial charge is 0.490 e. The van der Waals surface area contributed by atoms with Crippen LogP contribution in [0.25, 0.3) is 0 Å². The molecule has 0 heterocycles. The van der Waals surface area contributed by atoms with Gasteiger partial charge in [-0.2, -0.15) is 11.8 Å². The molecule has 29 heavy (non-hydrogen) atoms. The van der Waals surface area contributed by atoms with E-state index in [2.05, 4.69) is 5.32 Å². The lowest BCUT2D eigenvalue weighted by Gasteiger charge is -2.17. The van der Waals surface area contributed by atoms with E-state index >= 15 is 0 Å². The molecule has 0 amide bonds. The van der Waals surface area contributed by atoms with Gasteiger partial charge in [-0.15, -0.1) is 0 Å². The van der Waals surface area contributed by atoms with Gasteiger partial charge in [0.05, 0.1) is 11.6 Å². The normalized spacial score (nSPS) is 11.9. The first-order chi connectivity index (χ1) is 13.9. The fraction of sp³-hybridized carbons (Fsp3) is 0.381. The second-order valence-corrected chi connectivity index (χ2v) is 8.14. The van der Waals surface area contributed by atoms with E-state index in [1.165, 1.54) is 0 Å². The molecule has 2 N–H and O–H groups in total. The molecule has 0 saturated heterocycles. The van der Waals surface area contributed by atoms with Crippen LogP contribution in [0.4, 0.5) is 0 Å². The van der Waals surface area contributed by atoms with Crippen LogP contribution in [0.3, 0.4) is 0 Å². The van der Waals surface area contributed by atoms with Gasteiger partial charge in [-0.3, -0.25) is 4.79 Å². The number of nitrogens with one attached hydrogen (secondary N) is 1. The minimum atomic E-state index is -0.864. The number of carbonyl (C=O) groups is 1. The van der Waals surface area contributed by atoms with Crippen molar-refractivity contribution in [3.8, 4) is 11.5 Å². The van der Waals surface area contributed by atoms with E-state index in [4.69, 9.17) is 32.7 Å². The van der Waals surface area contributed by atoms with E-state index in [1.807, 2.05) is 37.4 Å². The molecule has 158 valence electrons. The fourth-order valence-corrected chi connectivity index (χ4v) is 3.67. The van der Waals surface area contributed by atoms with Crippen molar-refractivity contribution in [1.82, 2.24) is 5.32 Å². The van der Waals surface area contributed by atoms with Crippen molar-refractivity contribution >= 4 is 40.9 Å². The molecule has 8 heteroatoms. The van der Waals surface area contributed by atoms with Gasteiger partial charge in [0.25, 0.3) is 0 Å². The van der Waals surface area contributed by atoms with Crippen molar-refractivity contribution in [3.63, 3.8) is 0 Å². The summed E-state index contributed by atoms with van der Waals surface area (Å²) in [6.45, 7) is 2.99. The van der Waals surface area contributed by atoms with Crippen molar-refractivity contribution in [2.75, 3.05) is 18.6 Å². The summed E-state index contributed by atoms with van der Waals surface area (Å²) in [5, 5.41) is 13.5. The number of carboxylic acids is 1. The van der Waals surface area contributed by atoms with Gasteiger partial charge in [0.1, 0.15) is 12.6 Å². The summed E-state index contributed by atoms with van der Waals surface area (Å²) in [6.07, 6.45) is 2.50. The maximum absolute atomic E-state index is 11.4. The molecule has 0 bridgehead atoms. The van der Waals surface area contributed by atoms with Gasteiger partial charge in [0.15, 0.2) is 11.5 Å². The molecule has 0 aliphatic heterocycles. The lowest BCUT2D eigenvalue weighted by molar-refractivity contribution is -0.139. The Hall–Kier alpha value is -1.60. The number of carboxylic acid groups (broad SMARTS) is 1. The number of hydrogen-bond donors (Lipinski definition) is 2. The topological polar surface area (TPSA) is 67.8 Å². The molecular formula is C21H25Cl2NO4S. The second kappa shape index (κ2) is 12.2. The molecule has 0 aliphatic carbocycles. The smallest absolute Gasteiger partial charge is 0.320 e. The van der Waals surface area contributed by atoms with E-state index in [1.54, 1.807) is 23.9 Å². The Kier molecular flexibility index (Phi) is 9.94. The lowest BCUT2D eigenvalue weighted by atomic mass is 10.1. The molecule has 0 saturated carbocycles. The molecule has 2 rings (SSSR count). The highest BCUT2D eigenvalue weighted by Crippen LogP contribution is 2.37. The van der Waals surface area contributed by atoms with Gasteiger partial charge in [-0.05, 0) is 60.7 Å². The minimum absolute atomic E-state index is 0.299. The quantitative estimate of drug-likeness (QED) is 0.452. The van der Waals surface area contributed by atoms with Crippen LogP contribution in [0.2, 0.25) is 10.0 Å². The zero-order valence-corrected chi connectivity index (χ0v) is 18.7. The number of halogens is 2. The molecule has 0 aromatic heterocycles. The van der Waals surface area contributed by atoms with Crippen molar-refractivity contribution in [2.24, 2.45) is 0 Å². The summed E-state index contributed by atoms with van der Waals surface area (Å²) >= 11 is 14.1. The van der Waals surface area contributed by atoms with Gasteiger partial charge in [-0.1, -0.05) is 35.3 Å². The highest BCUT2D eigenvalue weighted by molar-refractivity contribution is 7.98. The summed E-state index contributed by atoms with van der Waals surface area (Å²) in [7, 11) is 0. The Labute approximate surface area is 185 Å². The average molecular weight is 458 g/mol. The molecule has 0 radical (unpaired) electrons. The summed E-state index contributed by atoms with van der Waals surface area (Å²) in [5.74, 6) is 0.881. The van der Waals surface area contributed by atoms with Gasteiger partial charge in [0, 0.05) is 11.6 Å². The average Bonchev–Trinajstić information content (AvgIpc) is 2.67. The third-order valence-corrected chi connectivity index (χ3v) is 5.26. The monoisotopic (exact) mass is 457 g/mol. The van der Waals surface area contributed by atoms with Crippen LogP contribution in [0.15, 0.2) is 36.4 Å². The van der Waals surface area contributed by atoms with Crippen LogP contribution >= 0.6 is 35.0 Å². The number of rotatable bonds is 12. The molecule has 2 aromatic rings. The Morgan fingerprint density at radius 3 is 2.66 bits per heavy atom.